The van der Waals surface area contributed by atoms with Crippen LogP contribution in [0.25, 0.3) is 0 Å². The van der Waals surface area contributed by atoms with Gasteiger partial charge in [-0.2, -0.15) is 0 Å². The number of hydrogen-bond acceptors (Lipinski definition) is 4. The van der Waals surface area contributed by atoms with E-state index in [1.807, 2.05) is 0 Å². The zero-order valence-corrected chi connectivity index (χ0v) is 12.4. The summed E-state index contributed by atoms with van der Waals surface area (Å²) >= 11 is 0. The van der Waals surface area contributed by atoms with Crippen LogP contribution in [0, 0.1) is 5.41 Å². The van der Waals surface area contributed by atoms with E-state index in [4.69, 9.17) is 9.47 Å². The summed E-state index contributed by atoms with van der Waals surface area (Å²) in [5.41, 5.74) is 4.46. The molecule has 0 aliphatic carbocycles. The third-order valence-corrected chi connectivity index (χ3v) is 2.62. The summed E-state index contributed by atoms with van der Waals surface area (Å²) in [6, 6.07) is 4.81. The molecule has 2 N–H and O–H groups in total. The van der Waals surface area contributed by atoms with Gasteiger partial charge in [0.25, 0.3) is 5.91 Å². The Morgan fingerprint density at radius 2 is 1.70 bits per heavy atom. The highest BCUT2D eigenvalue weighted by atomic mass is 16.5. The van der Waals surface area contributed by atoms with Crippen LogP contribution in [0.15, 0.2) is 18.2 Å². The van der Waals surface area contributed by atoms with Gasteiger partial charge in [0.2, 0.25) is 5.91 Å². The Balaban J connectivity index is 2.80. The molecule has 6 nitrogen and oxygen atoms in total. The average molecular weight is 280 g/mol. The number of nitrogens with one attached hydrogen (secondary N) is 2. The third-order valence-electron chi connectivity index (χ3n) is 2.62. The van der Waals surface area contributed by atoms with E-state index in [-0.39, 0.29) is 5.91 Å². The maximum atomic E-state index is 12.0. The fraction of sp³-hybridized carbons (Fsp3) is 0.429. The smallest absolute Gasteiger partial charge is 0.273 e. The van der Waals surface area contributed by atoms with Crippen LogP contribution in [0.1, 0.15) is 31.1 Å². The summed E-state index contributed by atoms with van der Waals surface area (Å²) in [4.78, 5) is 23.7. The first kappa shape index (κ1) is 15.8. The van der Waals surface area contributed by atoms with Crippen LogP contribution in [0.2, 0.25) is 0 Å². The largest absolute Gasteiger partial charge is 0.497 e. The van der Waals surface area contributed by atoms with Gasteiger partial charge >= 0.3 is 0 Å². The fourth-order valence-corrected chi connectivity index (χ4v) is 1.35. The van der Waals surface area contributed by atoms with E-state index in [9.17, 15) is 9.59 Å². The lowest BCUT2D eigenvalue weighted by Crippen LogP contribution is -2.46. The van der Waals surface area contributed by atoms with Crippen molar-refractivity contribution >= 4 is 11.8 Å². The lowest BCUT2D eigenvalue weighted by molar-refractivity contribution is -0.129. The summed E-state index contributed by atoms with van der Waals surface area (Å²) < 4.78 is 10.2. The SMILES string of the molecule is COc1ccc(C(=O)NNC(=O)C(C)(C)C)c(OC)c1. The van der Waals surface area contributed by atoms with Gasteiger partial charge in [-0.25, -0.2) is 0 Å². The Hall–Kier alpha value is -2.24. The van der Waals surface area contributed by atoms with Crippen molar-refractivity contribution in [2.75, 3.05) is 14.2 Å². The topological polar surface area (TPSA) is 76.7 Å². The van der Waals surface area contributed by atoms with Crippen molar-refractivity contribution in [2.45, 2.75) is 20.8 Å². The number of benzene rings is 1. The third kappa shape index (κ3) is 3.88. The molecular formula is C14H20N2O4. The highest BCUT2D eigenvalue weighted by Crippen LogP contribution is 2.24. The first-order valence-corrected chi connectivity index (χ1v) is 6.12. The van der Waals surface area contributed by atoms with E-state index >= 15 is 0 Å². The van der Waals surface area contributed by atoms with E-state index < -0.39 is 11.3 Å². The second kappa shape index (κ2) is 6.27. The normalized spacial score (nSPS) is 10.7. The zero-order chi connectivity index (χ0) is 15.3. The van der Waals surface area contributed by atoms with Gasteiger partial charge in [-0.15, -0.1) is 0 Å². The summed E-state index contributed by atoms with van der Waals surface area (Å²) in [7, 11) is 2.98. The number of hydrogen-bond donors (Lipinski definition) is 2. The molecule has 1 aromatic carbocycles. The highest BCUT2D eigenvalue weighted by molar-refractivity contribution is 5.98. The first-order chi connectivity index (χ1) is 9.29. The lowest BCUT2D eigenvalue weighted by atomic mass is 9.96. The van der Waals surface area contributed by atoms with Crippen LogP contribution in [-0.4, -0.2) is 26.0 Å². The Kier molecular flexibility index (Phi) is 4.96. The van der Waals surface area contributed by atoms with Crippen molar-refractivity contribution in [1.29, 1.82) is 0 Å². The average Bonchev–Trinajstić information content (AvgIpc) is 2.42. The van der Waals surface area contributed by atoms with Gasteiger partial charge in [0, 0.05) is 11.5 Å². The molecule has 0 spiro atoms. The maximum absolute atomic E-state index is 12.0. The molecule has 0 saturated carbocycles. The fourth-order valence-electron chi connectivity index (χ4n) is 1.35. The minimum atomic E-state index is -0.586. The van der Waals surface area contributed by atoms with Crippen molar-refractivity contribution in [3.8, 4) is 11.5 Å². The number of carbonyl (C=O) groups excluding carboxylic acids is 2. The van der Waals surface area contributed by atoms with Gasteiger partial charge in [-0.3, -0.25) is 20.4 Å². The molecule has 2 amide bonds. The Bertz CT molecular complexity index is 506. The van der Waals surface area contributed by atoms with Crippen LogP contribution < -0.4 is 20.3 Å². The Morgan fingerprint density at radius 3 is 2.20 bits per heavy atom. The molecule has 0 unspecified atom stereocenters. The summed E-state index contributed by atoms with van der Waals surface area (Å²) in [6.07, 6.45) is 0. The van der Waals surface area contributed by atoms with Crippen molar-refractivity contribution in [1.82, 2.24) is 10.9 Å². The number of ether oxygens (including phenoxy) is 2. The molecule has 0 fully saturated rings. The van der Waals surface area contributed by atoms with Crippen molar-refractivity contribution in [3.05, 3.63) is 23.8 Å². The van der Waals surface area contributed by atoms with E-state index in [0.29, 0.717) is 17.1 Å². The van der Waals surface area contributed by atoms with Crippen molar-refractivity contribution in [2.24, 2.45) is 5.41 Å². The second-order valence-corrected chi connectivity index (χ2v) is 5.22. The minimum Gasteiger partial charge on any atom is -0.497 e. The van der Waals surface area contributed by atoms with Gasteiger partial charge in [-0.1, -0.05) is 20.8 Å². The van der Waals surface area contributed by atoms with Gasteiger partial charge in [0.05, 0.1) is 19.8 Å². The van der Waals surface area contributed by atoms with Crippen molar-refractivity contribution in [3.63, 3.8) is 0 Å². The molecule has 0 aliphatic heterocycles. The molecular weight excluding hydrogens is 260 g/mol. The van der Waals surface area contributed by atoms with Gasteiger partial charge in [-0.05, 0) is 12.1 Å². The molecule has 0 heterocycles. The monoisotopic (exact) mass is 280 g/mol. The first-order valence-electron chi connectivity index (χ1n) is 6.12. The molecule has 20 heavy (non-hydrogen) atoms. The molecule has 1 rings (SSSR count). The molecule has 110 valence electrons. The van der Waals surface area contributed by atoms with E-state index in [1.165, 1.54) is 14.2 Å². The van der Waals surface area contributed by atoms with E-state index in [1.54, 1.807) is 39.0 Å². The van der Waals surface area contributed by atoms with E-state index in [0.717, 1.165) is 0 Å². The summed E-state index contributed by atoms with van der Waals surface area (Å²) in [5, 5.41) is 0. The molecule has 0 atom stereocenters. The predicted molar refractivity (Wildman–Crippen MR) is 74.6 cm³/mol. The van der Waals surface area contributed by atoms with E-state index in [2.05, 4.69) is 10.9 Å². The zero-order valence-electron chi connectivity index (χ0n) is 12.4. The minimum absolute atomic E-state index is 0.279. The molecule has 0 bridgehead atoms. The molecule has 1 aromatic rings. The Morgan fingerprint density at radius 1 is 1.05 bits per heavy atom. The second-order valence-electron chi connectivity index (χ2n) is 5.22. The summed E-state index contributed by atoms with van der Waals surface area (Å²) in [5.74, 6) is 0.212. The van der Waals surface area contributed by atoms with Gasteiger partial charge < -0.3 is 9.47 Å². The number of hydrazine groups is 1. The Labute approximate surface area is 118 Å². The number of carbonyl (C=O) groups is 2. The van der Waals surface area contributed by atoms with Gasteiger partial charge in [0.15, 0.2) is 0 Å². The molecule has 0 aliphatic rings. The van der Waals surface area contributed by atoms with Crippen LogP contribution in [0.5, 0.6) is 11.5 Å². The lowest BCUT2D eigenvalue weighted by Gasteiger charge is -2.18. The molecule has 0 radical (unpaired) electrons. The number of amides is 2. The number of methoxy groups -OCH3 is 2. The summed E-state index contributed by atoms with van der Waals surface area (Å²) in [6.45, 7) is 5.26. The molecule has 0 aromatic heterocycles. The van der Waals surface area contributed by atoms with Crippen LogP contribution in [-0.2, 0) is 4.79 Å². The molecule has 6 heteroatoms. The van der Waals surface area contributed by atoms with Crippen molar-refractivity contribution < 1.29 is 19.1 Å². The predicted octanol–water partition coefficient (Wildman–Crippen LogP) is 1.51. The number of rotatable bonds is 3. The quantitative estimate of drug-likeness (QED) is 0.823. The van der Waals surface area contributed by atoms with Gasteiger partial charge in [0.1, 0.15) is 11.5 Å². The van der Waals surface area contributed by atoms with Crippen LogP contribution >= 0.6 is 0 Å². The van der Waals surface area contributed by atoms with Crippen LogP contribution in [0.3, 0.4) is 0 Å². The molecule has 0 saturated heterocycles. The standard InChI is InChI=1S/C14H20N2O4/c1-14(2,3)13(18)16-15-12(17)10-7-6-9(19-4)8-11(10)20-5/h6-8H,1-5H3,(H,15,17)(H,16,18). The van der Waals surface area contributed by atoms with Crippen LogP contribution in [0.4, 0.5) is 0 Å². The maximum Gasteiger partial charge on any atom is 0.273 e. The highest BCUT2D eigenvalue weighted by Gasteiger charge is 2.22.